The summed E-state index contributed by atoms with van der Waals surface area (Å²) in [5.74, 6) is 0.105. The van der Waals surface area contributed by atoms with Gasteiger partial charge in [0.1, 0.15) is 12.4 Å². The maximum atomic E-state index is 12.4. The monoisotopic (exact) mass is 412 g/mol. The SMILES string of the molecule is COc1ccc(C)cc1NC(=O)Nc1ccc([C@H]2CC[C@@H](OCC(=O)O)CC2)cc1. The Hall–Kier alpha value is -3.06. The topological polar surface area (TPSA) is 96.9 Å². The van der Waals surface area contributed by atoms with E-state index in [4.69, 9.17) is 14.6 Å². The number of anilines is 2. The summed E-state index contributed by atoms with van der Waals surface area (Å²) in [4.78, 5) is 23.0. The summed E-state index contributed by atoms with van der Waals surface area (Å²) in [6, 6.07) is 13.1. The van der Waals surface area contributed by atoms with Crippen LogP contribution in [0.2, 0.25) is 0 Å². The molecule has 0 aliphatic heterocycles. The number of hydrogen-bond acceptors (Lipinski definition) is 4. The molecule has 7 nitrogen and oxygen atoms in total. The zero-order valence-corrected chi connectivity index (χ0v) is 17.3. The molecule has 0 aromatic heterocycles. The van der Waals surface area contributed by atoms with Gasteiger partial charge in [0.2, 0.25) is 0 Å². The van der Waals surface area contributed by atoms with Crippen LogP contribution in [0, 0.1) is 6.92 Å². The van der Waals surface area contributed by atoms with Crippen molar-refractivity contribution in [2.75, 3.05) is 24.4 Å². The van der Waals surface area contributed by atoms with Crippen molar-refractivity contribution < 1.29 is 24.2 Å². The maximum Gasteiger partial charge on any atom is 0.329 e. The molecule has 30 heavy (non-hydrogen) atoms. The number of aryl methyl sites for hydroxylation is 1. The average Bonchev–Trinajstić information content (AvgIpc) is 2.73. The van der Waals surface area contributed by atoms with Crippen molar-refractivity contribution >= 4 is 23.4 Å². The number of carbonyl (C=O) groups is 2. The fraction of sp³-hybridized carbons (Fsp3) is 0.391. The number of hydrogen-bond donors (Lipinski definition) is 3. The van der Waals surface area contributed by atoms with Crippen molar-refractivity contribution in [3.05, 3.63) is 53.6 Å². The van der Waals surface area contributed by atoms with Gasteiger partial charge in [0.15, 0.2) is 0 Å². The summed E-state index contributed by atoms with van der Waals surface area (Å²) in [5.41, 5.74) is 3.58. The Morgan fingerprint density at radius 3 is 2.37 bits per heavy atom. The van der Waals surface area contributed by atoms with Gasteiger partial charge >= 0.3 is 12.0 Å². The van der Waals surface area contributed by atoms with Crippen molar-refractivity contribution in [2.24, 2.45) is 0 Å². The van der Waals surface area contributed by atoms with Gasteiger partial charge in [-0.1, -0.05) is 18.2 Å². The highest BCUT2D eigenvalue weighted by molar-refractivity contribution is 6.00. The molecule has 0 saturated heterocycles. The molecule has 7 heteroatoms. The molecular formula is C23H28N2O5. The Morgan fingerprint density at radius 1 is 1.03 bits per heavy atom. The summed E-state index contributed by atoms with van der Waals surface area (Å²) in [6.45, 7) is 1.72. The largest absolute Gasteiger partial charge is 0.495 e. The lowest BCUT2D eigenvalue weighted by atomic mass is 9.82. The number of rotatable bonds is 7. The number of urea groups is 1. The van der Waals surface area contributed by atoms with E-state index in [1.807, 2.05) is 49.4 Å². The third kappa shape index (κ3) is 5.97. The van der Waals surface area contributed by atoms with Gasteiger partial charge in [0.25, 0.3) is 0 Å². The van der Waals surface area contributed by atoms with Crippen molar-refractivity contribution in [3.8, 4) is 5.75 Å². The van der Waals surface area contributed by atoms with Crippen LogP contribution in [0.15, 0.2) is 42.5 Å². The number of ether oxygens (including phenoxy) is 2. The van der Waals surface area contributed by atoms with Gasteiger partial charge in [-0.3, -0.25) is 0 Å². The second-order valence-corrected chi connectivity index (χ2v) is 7.58. The minimum Gasteiger partial charge on any atom is -0.495 e. The molecule has 0 atom stereocenters. The Bertz CT molecular complexity index is 874. The third-order valence-electron chi connectivity index (χ3n) is 5.36. The van der Waals surface area contributed by atoms with E-state index in [-0.39, 0.29) is 18.7 Å². The Balaban J connectivity index is 1.52. The van der Waals surface area contributed by atoms with Crippen LogP contribution >= 0.6 is 0 Å². The lowest BCUT2D eigenvalue weighted by molar-refractivity contribution is -0.145. The van der Waals surface area contributed by atoms with E-state index < -0.39 is 5.97 Å². The van der Waals surface area contributed by atoms with E-state index in [9.17, 15) is 9.59 Å². The van der Waals surface area contributed by atoms with Gasteiger partial charge < -0.3 is 25.2 Å². The summed E-state index contributed by atoms with van der Waals surface area (Å²) in [5, 5.41) is 14.4. The van der Waals surface area contributed by atoms with Crippen molar-refractivity contribution in [1.82, 2.24) is 0 Å². The van der Waals surface area contributed by atoms with Crippen molar-refractivity contribution in [2.45, 2.75) is 44.6 Å². The molecule has 2 aromatic rings. The van der Waals surface area contributed by atoms with Gasteiger partial charge in [-0.05, 0) is 73.9 Å². The van der Waals surface area contributed by atoms with E-state index in [2.05, 4.69) is 10.6 Å². The van der Waals surface area contributed by atoms with Crippen LogP contribution in [0.3, 0.4) is 0 Å². The highest BCUT2D eigenvalue weighted by Crippen LogP contribution is 2.34. The molecule has 1 fully saturated rings. The first-order valence-corrected chi connectivity index (χ1v) is 10.1. The molecule has 0 spiro atoms. The number of aliphatic carboxylic acids is 1. The van der Waals surface area contributed by atoms with Crippen molar-refractivity contribution in [1.29, 1.82) is 0 Å². The molecule has 3 N–H and O–H groups in total. The first-order chi connectivity index (χ1) is 14.4. The zero-order chi connectivity index (χ0) is 21.5. The Morgan fingerprint density at radius 2 is 1.73 bits per heavy atom. The third-order valence-corrected chi connectivity index (χ3v) is 5.36. The second kappa shape index (κ2) is 10.1. The molecule has 0 radical (unpaired) electrons. The smallest absolute Gasteiger partial charge is 0.329 e. The molecule has 1 saturated carbocycles. The van der Waals surface area contributed by atoms with Gasteiger partial charge in [-0.25, -0.2) is 9.59 Å². The predicted octanol–water partition coefficient (Wildman–Crippen LogP) is 4.78. The van der Waals surface area contributed by atoms with Gasteiger partial charge in [-0.2, -0.15) is 0 Å². The van der Waals surface area contributed by atoms with E-state index in [1.165, 1.54) is 5.56 Å². The van der Waals surface area contributed by atoms with E-state index in [0.29, 0.717) is 23.0 Å². The number of benzene rings is 2. The summed E-state index contributed by atoms with van der Waals surface area (Å²) in [7, 11) is 1.57. The zero-order valence-electron chi connectivity index (χ0n) is 17.3. The first-order valence-electron chi connectivity index (χ1n) is 10.1. The number of amides is 2. The first kappa shape index (κ1) is 21.6. The maximum absolute atomic E-state index is 12.4. The molecule has 0 heterocycles. The summed E-state index contributed by atoms with van der Waals surface area (Å²) < 4.78 is 10.7. The van der Waals surface area contributed by atoms with Crippen molar-refractivity contribution in [3.63, 3.8) is 0 Å². The van der Waals surface area contributed by atoms with E-state index in [1.54, 1.807) is 7.11 Å². The molecule has 3 rings (SSSR count). The lowest BCUT2D eigenvalue weighted by Gasteiger charge is -2.28. The highest BCUT2D eigenvalue weighted by Gasteiger charge is 2.23. The normalized spacial score (nSPS) is 18.5. The minimum absolute atomic E-state index is 0.0283. The number of methoxy groups -OCH3 is 1. The van der Waals surface area contributed by atoms with Crippen LogP contribution in [0.1, 0.15) is 42.7 Å². The summed E-state index contributed by atoms with van der Waals surface area (Å²) in [6.07, 6.45) is 3.67. The molecule has 1 aliphatic carbocycles. The second-order valence-electron chi connectivity index (χ2n) is 7.58. The standard InChI is InChI=1S/C23H28N2O5/c1-15-3-12-21(29-2)20(13-15)25-23(28)24-18-8-4-16(5-9-18)17-6-10-19(11-7-17)30-14-22(26)27/h3-5,8-9,12-13,17,19H,6-7,10-11,14H2,1-2H3,(H,26,27)(H2,24,25,28)/t17-,19+. The van der Waals surface area contributed by atoms with E-state index >= 15 is 0 Å². The number of nitrogens with one attached hydrogen (secondary N) is 2. The van der Waals surface area contributed by atoms with Crippen LogP contribution in [0.4, 0.5) is 16.2 Å². The fourth-order valence-corrected chi connectivity index (χ4v) is 3.79. The Kier molecular flexibility index (Phi) is 7.30. The van der Waals surface area contributed by atoms with E-state index in [0.717, 1.165) is 31.2 Å². The van der Waals surface area contributed by atoms with Crippen LogP contribution in [0.25, 0.3) is 0 Å². The molecule has 0 bridgehead atoms. The highest BCUT2D eigenvalue weighted by atomic mass is 16.5. The quantitative estimate of drug-likeness (QED) is 0.608. The van der Waals surface area contributed by atoms with Crippen LogP contribution in [-0.4, -0.2) is 36.9 Å². The average molecular weight is 412 g/mol. The molecule has 160 valence electrons. The van der Waals surface area contributed by atoms with Gasteiger partial charge in [-0.15, -0.1) is 0 Å². The van der Waals surface area contributed by atoms with Gasteiger partial charge in [0.05, 0.1) is 18.9 Å². The molecular weight excluding hydrogens is 384 g/mol. The number of carbonyl (C=O) groups excluding carboxylic acids is 1. The van der Waals surface area contributed by atoms with Crippen LogP contribution in [-0.2, 0) is 9.53 Å². The Labute approximate surface area is 176 Å². The number of carboxylic acids is 1. The molecule has 2 aromatic carbocycles. The predicted molar refractivity (Wildman–Crippen MR) is 115 cm³/mol. The van der Waals surface area contributed by atoms with Crippen LogP contribution < -0.4 is 15.4 Å². The number of carboxylic acid groups (broad SMARTS) is 1. The summed E-state index contributed by atoms with van der Waals surface area (Å²) >= 11 is 0. The van der Waals surface area contributed by atoms with Gasteiger partial charge in [0, 0.05) is 5.69 Å². The molecule has 2 amide bonds. The fourth-order valence-electron chi connectivity index (χ4n) is 3.79. The molecule has 0 unspecified atom stereocenters. The molecule has 1 aliphatic rings. The lowest BCUT2D eigenvalue weighted by Crippen LogP contribution is -2.23. The van der Waals surface area contributed by atoms with Crippen LogP contribution in [0.5, 0.6) is 5.75 Å². The minimum atomic E-state index is -0.926.